The molecule has 0 bridgehead atoms. The Labute approximate surface area is 197 Å². The number of esters is 1. The number of ether oxygens (including phenoxy) is 1. The molecule has 1 heterocycles. The van der Waals surface area contributed by atoms with Crippen LogP contribution in [0.4, 0.5) is 5.69 Å². The largest absolute Gasteiger partial charge is 0.466 e. The van der Waals surface area contributed by atoms with Crippen molar-refractivity contribution >= 4 is 50.7 Å². The summed E-state index contributed by atoms with van der Waals surface area (Å²) >= 11 is 11.9. The van der Waals surface area contributed by atoms with Crippen LogP contribution in [-0.4, -0.2) is 50.7 Å². The first-order valence-electron chi connectivity index (χ1n) is 10.2. The van der Waals surface area contributed by atoms with Crippen LogP contribution in [0.15, 0.2) is 47.4 Å². The Bertz CT molecular complexity index is 1100. The molecular formula is C22H24Cl2N2O5S. The number of halogens is 2. The van der Waals surface area contributed by atoms with Crippen LogP contribution in [0.3, 0.4) is 0 Å². The number of piperidine rings is 1. The number of Topliss-reactive ketones (excluding diaryl/α,β-unsaturated/α-hetero) is 1. The maximum Gasteiger partial charge on any atom is 0.309 e. The standard InChI is InChI=1S/C22H24Cl2N2O5S/c1-2-31-22(28)15-8-10-26(11-9-15)32(29,30)18-5-3-4-16(12-18)21(27)14-25-17-6-7-19(23)20(24)13-17/h3-7,12-13,15,25H,2,8-11,14H2,1H3. The fourth-order valence-corrected chi connectivity index (χ4v) is 5.28. The number of hydrogen-bond acceptors (Lipinski definition) is 6. The van der Waals surface area contributed by atoms with E-state index in [4.69, 9.17) is 27.9 Å². The third kappa shape index (κ3) is 5.81. The molecule has 0 radical (unpaired) electrons. The highest BCUT2D eigenvalue weighted by molar-refractivity contribution is 7.89. The molecule has 3 rings (SSSR count). The number of nitrogens with zero attached hydrogens (tertiary/aromatic N) is 1. The molecule has 172 valence electrons. The highest BCUT2D eigenvalue weighted by Gasteiger charge is 2.33. The maximum atomic E-state index is 13.1. The molecule has 1 aliphatic heterocycles. The summed E-state index contributed by atoms with van der Waals surface area (Å²) in [5.74, 6) is -0.845. The van der Waals surface area contributed by atoms with Gasteiger partial charge in [-0.05, 0) is 50.1 Å². The molecule has 1 N–H and O–H groups in total. The smallest absolute Gasteiger partial charge is 0.309 e. The first-order chi connectivity index (χ1) is 15.2. The molecule has 0 aliphatic carbocycles. The SMILES string of the molecule is CCOC(=O)C1CCN(S(=O)(=O)c2cccc(C(=O)CNc3ccc(Cl)c(Cl)c3)c2)CC1. The van der Waals surface area contributed by atoms with Gasteiger partial charge in [0.05, 0.1) is 34.0 Å². The van der Waals surface area contributed by atoms with Crippen molar-refractivity contribution in [3.8, 4) is 0 Å². The summed E-state index contributed by atoms with van der Waals surface area (Å²) in [6.07, 6.45) is 0.814. The molecule has 2 aromatic rings. The maximum absolute atomic E-state index is 13.1. The third-order valence-electron chi connectivity index (χ3n) is 5.24. The summed E-state index contributed by atoms with van der Waals surface area (Å²) < 4.78 is 32.5. The van der Waals surface area contributed by atoms with Gasteiger partial charge in [0.15, 0.2) is 5.78 Å². The predicted molar refractivity (Wildman–Crippen MR) is 124 cm³/mol. The Balaban J connectivity index is 1.66. The minimum Gasteiger partial charge on any atom is -0.466 e. The highest BCUT2D eigenvalue weighted by Crippen LogP contribution is 2.26. The number of nitrogens with one attached hydrogen (secondary N) is 1. The van der Waals surface area contributed by atoms with Crippen molar-refractivity contribution < 1.29 is 22.7 Å². The molecule has 0 unspecified atom stereocenters. The zero-order valence-corrected chi connectivity index (χ0v) is 19.8. The number of sulfonamides is 1. The Morgan fingerprint density at radius 1 is 1.09 bits per heavy atom. The number of hydrogen-bond donors (Lipinski definition) is 1. The van der Waals surface area contributed by atoms with Gasteiger partial charge in [0.25, 0.3) is 0 Å². The number of ketones is 1. The lowest BCUT2D eigenvalue weighted by atomic mass is 9.98. The summed E-state index contributed by atoms with van der Waals surface area (Å²) in [6.45, 7) is 2.46. The van der Waals surface area contributed by atoms with Crippen molar-refractivity contribution in [2.45, 2.75) is 24.7 Å². The minimum atomic E-state index is -3.78. The molecule has 0 aromatic heterocycles. The van der Waals surface area contributed by atoms with E-state index in [1.54, 1.807) is 37.3 Å². The molecular weight excluding hydrogens is 475 g/mol. The second-order valence-corrected chi connectivity index (χ2v) is 10.1. The molecule has 0 amide bonds. The normalized spacial score (nSPS) is 15.3. The molecule has 0 spiro atoms. The van der Waals surface area contributed by atoms with Gasteiger partial charge in [-0.15, -0.1) is 0 Å². The van der Waals surface area contributed by atoms with Gasteiger partial charge in [0.1, 0.15) is 0 Å². The van der Waals surface area contributed by atoms with E-state index in [0.29, 0.717) is 35.2 Å². The second kappa shape index (κ2) is 10.7. The highest BCUT2D eigenvalue weighted by atomic mass is 35.5. The monoisotopic (exact) mass is 498 g/mol. The molecule has 32 heavy (non-hydrogen) atoms. The summed E-state index contributed by atoms with van der Waals surface area (Å²) in [5.41, 5.74) is 0.904. The second-order valence-electron chi connectivity index (χ2n) is 7.36. The van der Waals surface area contributed by atoms with Crippen molar-refractivity contribution in [1.82, 2.24) is 4.31 Å². The molecule has 2 aromatic carbocycles. The van der Waals surface area contributed by atoms with Crippen molar-refractivity contribution in [3.05, 3.63) is 58.1 Å². The van der Waals surface area contributed by atoms with Crippen molar-refractivity contribution in [2.24, 2.45) is 5.92 Å². The number of carbonyl (C=O) groups excluding carboxylic acids is 2. The Morgan fingerprint density at radius 3 is 2.47 bits per heavy atom. The Hall–Kier alpha value is -2.13. The lowest BCUT2D eigenvalue weighted by Gasteiger charge is -2.30. The zero-order valence-electron chi connectivity index (χ0n) is 17.5. The average molecular weight is 499 g/mol. The zero-order chi connectivity index (χ0) is 23.3. The van der Waals surface area contributed by atoms with Gasteiger partial charge in [0, 0.05) is 24.3 Å². The molecule has 1 fully saturated rings. The fourth-order valence-electron chi connectivity index (χ4n) is 3.46. The van der Waals surface area contributed by atoms with Gasteiger partial charge < -0.3 is 10.1 Å². The van der Waals surface area contributed by atoms with Gasteiger partial charge in [-0.1, -0.05) is 35.3 Å². The van der Waals surface area contributed by atoms with Crippen LogP contribution in [0.25, 0.3) is 0 Å². The minimum absolute atomic E-state index is 0.0353. The van der Waals surface area contributed by atoms with E-state index >= 15 is 0 Å². The lowest BCUT2D eigenvalue weighted by Crippen LogP contribution is -2.40. The third-order valence-corrected chi connectivity index (χ3v) is 7.87. The van der Waals surface area contributed by atoms with E-state index in [9.17, 15) is 18.0 Å². The molecule has 1 saturated heterocycles. The van der Waals surface area contributed by atoms with Gasteiger partial charge in [0.2, 0.25) is 10.0 Å². The Morgan fingerprint density at radius 2 is 1.81 bits per heavy atom. The van der Waals surface area contributed by atoms with Crippen LogP contribution in [0.1, 0.15) is 30.1 Å². The summed E-state index contributed by atoms with van der Waals surface area (Å²) in [7, 11) is -3.78. The first kappa shape index (κ1) is 24.5. The quantitative estimate of drug-likeness (QED) is 0.431. The predicted octanol–water partition coefficient (Wildman–Crippen LogP) is 4.25. The van der Waals surface area contributed by atoms with Gasteiger partial charge >= 0.3 is 5.97 Å². The van der Waals surface area contributed by atoms with Crippen LogP contribution >= 0.6 is 23.2 Å². The van der Waals surface area contributed by atoms with Gasteiger partial charge in [-0.25, -0.2) is 8.42 Å². The van der Waals surface area contributed by atoms with Crippen molar-refractivity contribution in [1.29, 1.82) is 0 Å². The van der Waals surface area contributed by atoms with Crippen LogP contribution < -0.4 is 5.32 Å². The molecule has 10 heteroatoms. The van der Waals surface area contributed by atoms with Gasteiger partial charge in [-0.3, -0.25) is 9.59 Å². The van der Waals surface area contributed by atoms with Crippen LogP contribution in [0.2, 0.25) is 10.0 Å². The molecule has 7 nitrogen and oxygen atoms in total. The fraction of sp³-hybridized carbons (Fsp3) is 0.364. The van der Waals surface area contributed by atoms with E-state index in [2.05, 4.69) is 5.32 Å². The van der Waals surface area contributed by atoms with E-state index in [0.717, 1.165) is 0 Å². The van der Waals surface area contributed by atoms with E-state index < -0.39 is 10.0 Å². The first-order valence-corrected chi connectivity index (χ1v) is 12.4. The molecule has 0 saturated carbocycles. The topological polar surface area (TPSA) is 92.8 Å². The number of anilines is 1. The van der Waals surface area contributed by atoms with Crippen LogP contribution in [0, 0.1) is 5.92 Å². The summed E-state index contributed by atoms with van der Waals surface area (Å²) in [5, 5.41) is 3.74. The number of benzene rings is 2. The van der Waals surface area contributed by atoms with Crippen LogP contribution in [-0.2, 0) is 19.6 Å². The lowest BCUT2D eigenvalue weighted by molar-refractivity contribution is -0.149. The Kier molecular flexibility index (Phi) is 8.16. The van der Waals surface area contributed by atoms with Crippen molar-refractivity contribution in [3.63, 3.8) is 0 Å². The number of rotatable bonds is 8. The molecule has 0 atom stereocenters. The molecule has 1 aliphatic rings. The van der Waals surface area contributed by atoms with E-state index in [1.165, 1.54) is 16.4 Å². The average Bonchev–Trinajstić information content (AvgIpc) is 2.80. The summed E-state index contributed by atoms with van der Waals surface area (Å²) in [4.78, 5) is 24.6. The van der Waals surface area contributed by atoms with E-state index in [1.807, 2.05) is 0 Å². The summed E-state index contributed by atoms with van der Waals surface area (Å²) in [6, 6.07) is 10.9. The van der Waals surface area contributed by atoms with E-state index in [-0.39, 0.29) is 47.8 Å². The van der Waals surface area contributed by atoms with Crippen molar-refractivity contribution in [2.75, 3.05) is 31.6 Å². The van der Waals surface area contributed by atoms with Gasteiger partial charge in [-0.2, -0.15) is 4.31 Å². The van der Waals surface area contributed by atoms with Crippen LogP contribution in [0.5, 0.6) is 0 Å². The number of carbonyl (C=O) groups is 2.